The van der Waals surface area contributed by atoms with E-state index in [4.69, 9.17) is 5.73 Å². The van der Waals surface area contributed by atoms with E-state index in [0.717, 1.165) is 53.5 Å². The molecule has 1 aliphatic carbocycles. The number of aliphatic hydroxyl groups is 1. The number of benzene rings is 2. The molecule has 9 nitrogen and oxygen atoms in total. The Morgan fingerprint density at radius 3 is 2.47 bits per heavy atom. The first-order valence-corrected chi connectivity index (χ1v) is 12.5. The second-order valence-electron chi connectivity index (χ2n) is 9.48. The van der Waals surface area contributed by atoms with E-state index in [1.165, 1.54) is 6.20 Å². The van der Waals surface area contributed by atoms with E-state index in [9.17, 15) is 15.2 Å². The quantitative estimate of drug-likeness (QED) is 0.238. The fourth-order valence-corrected chi connectivity index (χ4v) is 4.77. The molecular weight excluding hydrogens is 456 g/mol. The van der Waals surface area contributed by atoms with Gasteiger partial charge in [-0.3, -0.25) is 10.1 Å². The lowest BCUT2D eigenvalue weighted by atomic mass is 9.82. The molecule has 2 aromatic carbocycles. The third-order valence-corrected chi connectivity index (χ3v) is 7.13. The van der Waals surface area contributed by atoms with Crippen LogP contribution in [0, 0.1) is 28.9 Å². The molecule has 0 atom stereocenters. The highest BCUT2D eigenvalue weighted by Gasteiger charge is 2.23. The standard InChI is InChI=1S/C27H34N6O3/c1-18-23(3-2-4-24(18)22-11-9-19(13-28)10-12-22)15-30-27-31-16-25(33(35)36)26(32-27)29-14-20-5-7-21(17-34)8-6-20/h2-4,9-12,16,20-21,34H,5-8,13-15,17,28H2,1H3,(H2,29,30,31,32). The molecule has 0 aliphatic heterocycles. The average molecular weight is 491 g/mol. The Morgan fingerprint density at radius 2 is 1.81 bits per heavy atom. The van der Waals surface area contributed by atoms with Gasteiger partial charge in [0.25, 0.3) is 0 Å². The van der Waals surface area contributed by atoms with Crippen LogP contribution in [-0.2, 0) is 13.1 Å². The molecule has 5 N–H and O–H groups in total. The zero-order valence-electron chi connectivity index (χ0n) is 20.6. The summed E-state index contributed by atoms with van der Waals surface area (Å²) in [7, 11) is 0. The normalized spacial score (nSPS) is 17.5. The van der Waals surface area contributed by atoms with Crippen LogP contribution < -0.4 is 16.4 Å². The van der Waals surface area contributed by atoms with Gasteiger partial charge in [0.1, 0.15) is 6.20 Å². The number of hydrogen-bond acceptors (Lipinski definition) is 8. The Kier molecular flexibility index (Phi) is 8.45. The molecule has 1 aliphatic rings. The van der Waals surface area contributed by atoms with Gasteiger partial charge in [-0.1, -0.05) is 42.5 Å². The highest BCUT2D eigenvalue weighted by molar-refractivity contribution is 5.69. The summed E-state index contributed by atoms with van der Waals surface area (Å²) in [5.41, 5.74) is 11.2. The molecule has 0 unspecified atom stereocenters. The summed E-state index contributed by atoms with van der Waals surface area (Å²) in [4.78, 5) is 19.7. The van der Waals surface area contributed by atoms with Crippen LogP contribution in [0.15, 0.2) is 48.7 Å². The highest BCUT2D eigenvalue weighted by Crippen LogP contribution is 2.30. The van der Waals surface area contributed by atoms with Gasteiger partial charge in [0.05, 0.1) is 4.92 Å². The molecular formula is C27H34N6O3. The number of nitrogens with zero attached hydrogens (tertiary/aromatic N) is 3. The number of anilines is 2. The third kappa shape index (κ3) is 6.16. The fraction of sp³-hybridized carbons (Fsp3) is 0.407. The van der Waals surface area contributed by atoms with Crippen LogP contribution in [0.4, 0.5) is 17.5 Å². The summed E-state index contributed by atoms with van der Waals surface area (Å²) in [6.07, 6.45) is 5.20. The van der Waals surface area contributed by atoms with E-state index in [1.54, 1.807) is 0 Å². The molecule has 0 saturated heterocycles. The van der Waals surface area contributed by atoms with Gasteiger partial charge in [-0.05, 0) is 72.3 Å². The smallest absolute Gasteiger partial charge is 0.329 e. The Hall–Kier alpha value is -3.56. The van der Waals surface area contributed by atoms with Crippen LogP contribution in [0.1, 0.15) is 42.4 Å². The predicted molar refractivity (Wildman–Crippen MR) is 142 cm³/mol. The van der Waals surface area contributed by atoms with Crippen LogP contribution in [0.25, 0.3) is 11.1 Å². The van der Waals surface area contributed by atoms with Crippen LogP contribution in [-0.4, -0.2) is 33.1 Å². The zero-order valence-corrected chi connectivity index (χ0v) is 20.6. The summed E-state index contributed by atoms with van der Waals surface area (Å²) < 4.78 is 0. The van der Waals surface area contributed by atoms with Crippen molar-refractivity contribution < 1.29 is 10.0 Å². The summed E-state index contributed by atoms with van der Waals surface area (Å²) in [5, 5.41) is 27.3. The van der Waals surface area contributed by atoms with E-state index in [-0.39, 0.29) is 18.1 Å². The monoisotopic (exact) mass is 490 g/mol. The van der Waals surface area contributed by atoms with Crippen molar-refractivity contribution >= 4 is 17.5 Å². The second-order valence-corrected chi connectivity index (χ2v) is 9.48. The Balaban J connectivity index is 1.44. The summed E-state index contributed by atoms with van der Waals surface area (Å²) in [6.45, 7) is 3.93. The highest BCUT2D eigenvalue weighted by atomic mass is 16.6. The summed E-state index contributed by atoms with van der Waals surface area (Å²) in [5.74, 6) is 1.34. The number of aromatic nitrogens is 2. The first-order valence-electron chi connectivity index (χ1n) is 12.5. The fourth-order valence-electron chi connectivity index (χ4n) is 4.77. The number of nitro groups is 1. The number of rotatable bonds is 10. The Labute approximate surface area is 211 Å². The minimum atomic E-state index is -0.460. The van der Waals surface area contributed by atoms with E-state index in [2.05, 4.69) is 45.7 Å². The Bertz CT molecular complexity index is 1180. The molecule has 0 amide bonds. The number of hydrogen-bond donors (Lipinski definition) is 4. The van der Waals surface area contributed by atoms with Crippen LogP contribution in [0.2, 0.25) is 0 Å². The van der Waals surface area contributed by atoms with E-state index < -0.39 is 4.92 Å². The first-order chi connectivity index (χ1) is 17.5. The van der Waals surface area contributed by atoms with Gasteiger partial charge in [-0.25, -0.2) is 4.98 Å². The van der Waals surface area contributed by atoms with Crippen LogP contribution in [0.3, 0.4) is 0 Å². The molecule has 1 aromatic heterocycles. The van der Waals surface area contributed by atoms with Gasteiger partial charge in [0, 0.05) is 26.2 Å². The number of nitrogens with one attached hydrogen (secondary N) is 2. The van der Waals surface area contributed by atoms with Crippen molar-refractivity contribution in [3.05, 3.63) is 75.5 Å². The van der Waals surface area contributed by atoms with E-state index in [0.29, 0.717) is 37.4 Å². The van der Waals surface area contributed by atoms with Crippen molar-refractivity contribution in [2.75, 3.05) is 23.8 Å². The maximum Gasteiger partial charge on any atom is 0.329 e. The van der Waals surface area contributed by atoms with E-state index in [1.807, 2.05) is 24.3 Å². The van der Waals surface area contributed by atoms with Crippen LogP contribution in [0.5, 0.6) is 0 Å². The van der Waals surface area contributed by atoms with Gasteiger partial charge < -0.3 is 21.5 Å². The van der Waals surface area contributed by atoms with Gasteiger partial charge >= 0.3 is 5.69 Å². The lowest BCUT2D eigenvalue weighted by molar-refractivity contribution is -0.384. The van der Waals surface area contributed by atoms with Gasteiger partial charge in [0.2, 0.25) is 11.8 Å². The maximum absolute atomic E-state index is 11.5. The molecule has 4 rings (SSSR count). The predicted octanol–water partition coefficient (Wildman–Crippen LogP) is 4.64. The SMILES string of the molecule is Cc1c(CNc2ncc([N+](=O)[O-])c(NCC3CCC(CO)CC3)n2)cccc1-c1ccc(CN)cc1. The first kappa shape index (κ1) is 25.5. The zero-order chi connectivity index (χ0) is 25.5. The average Bonchev–Trinajstić information content (AvgIpc) is 2.91. The van der Waals surface area contributed by atoms with Gasteiger partial charge in [-0.15, -0.1) is 0 Å². The molecule has 9 heteroatoms. The molecule has 0 spiro atoms. The largest absolute Gasteiger partial charge is 0.396 e. The summed E-state index contributed by atoms with van der Waals surface area (Å²) in [6, 6.07) is 14.4. The lowest BCUT2D eigenvalue weighted by Crippen LogP contribution is -2.23. The Morgan fingerprint density at radius 1 is 1.08 bits per heavy atom. The minimum absolute atomic E-state index is 0.135. The van der Waals surface area contributed by atoms with Crippen molar-refractivity contribution in [1.82, 2.24) is 9.97 Å². The number of nitrogens with two attached hydrogens (primary N) is 1. The maximum atomic E-state index is 11.5. The summed E-state index contributed by atoms with van der Waals surface area (Å²) >= 11 is 0. The molecule has 0 bridgehead atoms. The lowest BCUT2D eigenvalue weighted by Gasteiger charge is -2.27. The number of aliphatic hydroxyl groups excluding tert-OH is 1. The molecule has 1 heterocycles. The second kappa shape index (κ2) is 11.9. The topological polar surface area (TPSA) is 139 Å². The molecule has 1 fully saturated rings. The van der Waals surface area contributed by atoms with Crippen molar-refractivity contribution in [3.63, 3.8) is 0 Å². The molecule has 190 valence electrons. The van der Waals surface area contributed by atoms with Crippen molar-refractivity contribution in [3.8, 4) is 11.1 Å². The van der Waals surface area contributed by atoms with Crippen molar-refractivity contribution in [1.29, 1.82) is 0 Å². The molecule has 36 heavy (non-hydrogen) atoms. The molecule has 3 aromatic rings. The van der Waals surface area contributed by atoms with Gasteiger partial charge in [0.15, 0.2) is 0 Å². The third-order valence-electron chi connectivity index (χ3n) is 7.13. The van der Waals surface area contributed by atoms with Crippen LogP contribution >= 0.6 is 0 Å². The molecule has 1 saturated carbocycles. The van der Waals surface area contributed by atoms with Gasteiger partial charge in [-0.2, -0.15) is 4.98 Å². The van der Waals surface area contributed by atoms with Crippen molar-refractivity contribution in [2.45, 2.75) is 45.7 Å². The molecule has 0 radical (unpaired) electrons. The van der Waals surface area contributed by atoms with E-state index >= 15 is 0 Å². The minimum Gasteiger partial charge on any atom is -0.396 e. The van der Waals surface area contributed by atoms with Crippen molar-refractivity contribution in [2.24, 2.45) is 17.6 Å².